The lowest BCUT2D eigenvalue weighted by Crippen LogP contribution is -2.22. The molecule has 0 amide bonds. The highest BCUT2D eigenvalue weighted by atomic mass is 79.9. The number of hydrogen-bond donors (Lipinski definition) is 0. The number of carboxylic acid groups (broad SMARTS) is 1. The topological polar surface area (TPSA) is 58.6 Å². The van der Waals surface area contributed by atoms with Crippen LogP contribution in [0.3, 0.4) is 0 Å². The summed E-state index contributed by atoms with van der Waals surface area (Å²) in [5, 5.41) is 13.4. The standard InChI is InChI=1S/C20H17BrO4/c1-2-24-18-11-15(20(22)23)10-17(21)19(18)25-12-14-8-5-7-13-6-3-4-9-16(13)14/h3-11H,2,12H2,1H3,(H,22,23)/p-1. The first-order valence-corrected chi connectivity index (χ1v) is 8.66. The van der Waals surface area contributed by atoms with Gasteiger partial charge < -0.3 is 19.4 Å². The summed E-state index contributed by atoms with van der Waals surface area (Å²) in [6, 6.07) is 17.0. The summed E-state index contributed by atoms with van der Waals surface area (Å²) in [5.41, 5.74) is 1.07. The molecule has 128 valence electrons. The minimum atomic E-state index is -1.26. The number of hydrogen-bond acceptors (Lipinski definition) is 4. The van der Waals surface area contributed by atoms with E-state index in [0.29, 0.717) is 29.2 Å². The molecule has 0 fully saturated rings. The second-order valence-corrected chi connectivity index (χ2v) is 6.29. The minimum Gasteiger partial charge on any atom is -0.545 e. The average molecular weight is 400 g/mol. The van der Waals surface area contributed by atoms with Gasteiger partial charge in [0.05, 0.1) is 17.0 Å². The Morgan fingerprint density at radius 1 is 1.08 bits per heavy atom. The maximum absolute atomic E-state index is 11.1. The van der Waals surface area contributed by atoms with Crippen LogP contribution in [0.1, 0.15) is 22.8 Å². The van der Waals surface area contributed by atoms with Crippen molar-refractivity contribution < 1.29 is 19.4 Å². The molecule has 25 heavy (non-hydrogen) atoms. The average Bonchev–Trinajstić information content (AvgIpc) is 2.61. The van der Waals surface area contributed by atoms with Gasteiger partial charge in [-0.25, -0.2) is 0 Å². The molecule has 0 saturated heterocycles. The molecule has 4 nitrogen and oxygen atoms in total. The van der Waals surface area contributed by atoms with E-state index in [1.54, 1.807) is 0 Å². The Kier molecular flexibility index (Phi) is 5.24. The molecule has 0 aliphatic rings. The van der Waals surface area contributed by atoms with E-state index in [-0.39, 0.29) is 5.56 Å². The zero-order valence-electron chi connectivity index (χ0n) is 13.6. The van der Waals surface area contributed by atoms with Crippen molar-refractivity contribution in [3.63, 3.8) is 0 Å². The molecular weight excluding hydrogens is 384 g/mol. The van der Waals surface area contributed by atoms with E-state index in [4.69, 9.17) is 9.47 Å². The van der Waals surface area contributed by atoms with E-state index in [1.165, 1.54) is 12.1 Å². The maximum Gasteiger partial charge on any atom is 0.175 e. The number of benzene rings is 3. The molecule has 0 N–H and O–H groups in total. The second kappa shape index (κ2) is 7.57. The number of rotatable bonds is 6. The molecule has 0 spiro atoms. The van der Waals surface area contributed by atoms with Crippen LogP contribution >= 0.6 is 15.9 Å². The first-order chi connectivity index (χ1) is 12.1. The largest absolute Gasteiger partial charge is 0.545 e. The van der Waals surface area contributed by atoms with Crippen molar-refractivity contribution in [1.82, 2.24) is 0 Å². The highest BCUT2D eigenvalue weighted by Crippen LogP contribution is 2.37. The van der Waals surface area contributed by atoms with Crippen LogP contribution in [-0.4, -0.2) is 12.6 Å². The Hall–Kier alpha value is -2.53. The number of aromatic carboxylic acids is 1. The number of fused-ring (bicyclic) bond motifs is 1. The lowest BCUT2D eigenvalue weighted by atomic mass is 10.1. The van der Waals surface area contributed by atoms with Gasteiger partial charge in [-0.05, 0) is 51.3 Å². The lowest BCUT2D eigenvalue weighted by molar-refractivity contribution is -0.255. The second-order valence-electron chi connectivity index (χ2n) is 5.43. The normalized spacial score (nSPS) is 10.6. The molecule has 0 atom stereocenters. The van der Waals surface area contributed by atoms with E-state index in [9.17, 15) is 9.90 Å². The monoisotopic (exact) mass is 399 g/mol. The van der Waals surface area contributed by atoms with Crippen LogP contribution in [-0.2, 0) is 6.61 Å². The first-order valence-electron chi connectivity index (χ1n) is 7.87. The Morgan fingerprint density at radius 2 is 1.84 bits per heavy atom. The van der Waals surface area contributed by atoms with Gasteiger partial charge in [-0.15, -0.1) is 0 Å². The molecule has 5 heteroatoms. The van der Waals surface area contributed by atoms with E-state index >= 15 is 0 Å². The van der Waals surface area contributed by atoms with Gasteiger partial charge in [-0.3, -0.25) is 0 Å². The van der Waals surface area contributed by atoms with Crippen molar-refractivity contribution in [3.05, 3.63) is 70.2 Å². The molecule has 3 aromatic carbocycles. The number of carbonyl (C=O) groups is 1. The fourth-order valence-corrected chi connectivity index (χ4v) is 3.21. The van der Waals surface area contributed by atoms with Gasteiger partial charge in [0.1, 0.15) is 6.61 Å². The molecule has 0 saturated carbocycles. The quantitative estimate of drug-likeness (QED) is 0.629. The van der Waals surface area contributed by atoms with Gasteiger partial charge in [0.25, 0.3) is 0 Å². The highest BCUT2D eigenvalue weighted by Gasteiger charge is 2.13. The van der Waals surface area contributed by atoms with Crippen molar-refractivity contribution in [2.45, 2.75) is 13.5 Å². The molecule has 0 unspecified atom stereocenters. The molecule has 3 rings (SSSR count). The molecule has 3 aromatic rings. The summed E-state index contributed by atoms with van der Waals surface area (Å²) in [5.74, 6) is -0.418. The summed E-state index contributed by atoms with van der Waals surface area (Å²) >= 11 is 3.36. The van der Waals surface area contributed by atoms with Gasteiger partial charge in [0, 0.05) is 5.56 Å². The molecule has 0 radical (unpaired) electrons. The van der Waals surface area contributed by atoms with Crippen LogP contribution in [0.4, 0.5) is 0 Å². The van der Waals surface area contributed by atoms with Crippen molar-refractivity contribution in [3.8, 4) is 11.5 Å². The van der Waals surface area contributed by atoms with E-state index in [0.717, 1.165) is 16.3 Å². The van der Waals surface area contributed by atoms with E-state index < -0.39 is 5.97 Å². The zero-order valence-corrected chi connectivity index (χ0v) is 15.2. The van der Waals surface area contributed by atoms with Crippen LogP contribution < -0.4 is 14.6 Å². The molecule has 0 aliphatic carbocycles. The van der Waals surface area contributed by atoms with Crippen LogP contribution in [0.2, 0.25) is 0 Å². The fraction of sp³-hybridized carbons (Fsp3) is 0.150. The van der Waals surface area contributed by atoms with Crippen molar-refractivity contribution >= 4 is 32.7 Å². The molecule has 0 aromatic heterocycles. The van der Waals surface area contributed by atoms with Crippen LogP contribution in [0, 0.1) is 0 Å². The Balaban J connectivity index is 1.93. The summed E-state index contributed by atoms with van der Waals surface area (Å²) in [6.45, 7) is 2.56. The van der Waals surface area contributed by atoms with Crippen molar-refractivity contribution in [1.29, 1.82) is 0 Å². The summed E-state index contributed by atoms with van der Waals surface area (Å²) in [7, 11) is 0. The summed E-state index contributed by atoms with van der Waals surface area (Å²) in [6.07, 6.45) is 0. The minimum absolute atomic E-state index is 0.0350. The molecule has 0 aliphatic heterocycles. The lowest BCUT2D eigenvalue weighted by Gasteiger charge is -2.16. The number of ether oxygens (including phenoxy) is 2. The first kappa shape index (κ1) is 17.3. The Morgan fingerprint density at radius 3 is 2.60 bits per heavy atom. The fourth-order valence-electron chi connectivity index (χ4n) is 2.66. The smallest absolute Gasteiger partial charge is 0.175 e. The van der Waals surface area contributed by atoms with Gasteiger partial charge in [0.15, 0.2) is 11.5 Å². The maximum atomic E-state index is 11.1. The highest BCUT2D eigenvalue weighted by molar-refractivity contribution is 9.10. The predicted octanol–water partition coefficient (Wildman–Crippen LogP) is 3.94. The van der Waals surface area contributed by atoms with E-state index in [2.05, 4.69) is 28.1 Å². The Bertz CT molecular complexity index is 915. The zero-order chi connectivity index (χ0) is 17.8. The molecule has 0 bridgehead atoms. The molecule has 0 heterocycles. The summed E-state index contributed by atoms with van der Waals surface area (Å²) < 4.78 is 12.0. The van der Waals surface area contributed by atoms with Crippen molar-refractivity contribution in [2.24, 2.45) is 0 Å². The predicted molar refractivity (Wildman–Crippen MR) is 97.9 cm³/mol. The number of carboxylic acids is 1. The third-order valence-electron chi connectivity index (χ3n) is 3.80. The summed E-state index contributed by atoms with van der Waals surface area (Å²) in [4.78, 5) is 11.1. The Labute approximate surface area is 154 Å². The SMILES string of the molecule is CCOc1cc(C(=O)[O-])cc(Br)c1OCc1cccc2ccccc12. The van der Waals surface area contributed by atoms with Crippen LogP contribution in [0.5, 0.6) is 11.5 Å². The third-order valence-corrected chi connectivity index (χ3v) is 4.39. The molecular formula is C20H16BrO4-. The third kappa shape index (κ3) is 3.77. The van der Waals surface area contributed by atoms with Gasteiger partial charge in [-0.1, -0.05) is 42.5 Å². The van der Waals surface area contributed by atoms with Gasteiger partial charge in [0.2, 0.25) is 0 Å². The van der Waals surface area contributed by atoms with Crippen LogP contribution in [0.25, 0.3) is 10.8 Å². The van der Waals surface area contributed by atoms with E-state index in [1.807, 2.05) is 37.3 Å². The van der Waals surface area contributed by atoms with Gasteiger partial charge >= 0.3 is 0 Å². The van der Waals surface area contributed by atoms with Gasteiger partial charge in [-0.2, -0.15) is 0 Å². The number of halogens is 1. The number of carbonyl (C=O) groups excluding carboxylic acids is 1. The van der Waals surface area contributed by atoms with Crippen molar-refractivity contribution in [2.75, 3.05) is 6.61 Å². The van der Waals surface area contributed by atoms with Crippen LogP contribution in [0.15, 0.2) is 59.1 Å².